The molecule has 0 unspecified atom stereocenters. The first-order chi connectivity index (χ1) is 8.26. The highest BCUT2D eigenvalue weighted by Gasteiger charge is 2.01. The Morgan fingerprint density at radius 2 is 2.00 bits per heavy atom. The number of amides is 1. The number of rotatable bonds is 7. The van der Waals surface area contributed by atoms with Crippen molar-refractivity contribution in [2.75, 3.05) is 26.9 Å². The van der Waals surface area contributed by atoms with Crippen LogP contribution in [0.25, 0.3) is 0 Å². The van der Waals surface area contributed by atoms with Crippen LogP contribution in [0.3, 0.4) is 0 Å². The Labute approximate surface area is 102 Å². The van der Waals surface area contributed by atoms with Crippen LogP contribution in [-0.2, 0) is 16.0 Å². The standard InChI is InChI=1S/C13H19NO3/c1-3-11-4-6-12(7-5-11)17-10-13(15)14-8-9-16-2/h4-7H,3,8-10H2,1-2H3,(H,14,15). The zero-order valence-corrected chi connectivity index (χ0v) is 10.4. The smallest absolute Gasteiger partial charge is 0.258 e. The highest BCUT2D eigenvalue weighted by molar-refractivity contribution is 5.77. The molecule has 0 saturated heterocycles. The Hall–Kier alpha value is -1.55. The molecule has 0 aliphatic carbocycles. The second-order valence-corrected chi connectivity index (χ2v) is 3.63. The first kappa shape index (κ1) is 13.5. The molecule has 0 aliphatic heterocycles. The summed E-state index contributed by atoms with van der Waals surface area (Å²) < 4.78 is 10.2. The fourth-order valence-electron chi connectivity index (χ4n) is 1.31. The normalized spacial score (nSPS) is 10.0. The van der Waals surface area contributed by atoms with E-state index in [-0.39, 0.29) is 12.5 Å². The molecule has 94 valence electrons. The number of aryl methyl sites for hydroxylation is 1. The van der Waals surface area contributed by atoms with Gasteiger partial charge in [-0.1, -0.05) is 19.1 Å². The quantitative estimate of drug-likeness (QED) is 0.729. The molecule has 0 radical (unpaired) electrons. The largest absolute Gasteiger partial charge is 0.484 e. The molecule has 1 rings (SSSR count). The minimum atomic E-state index is -0.137. The fraction of sp³-hybridized carbons (Fsp3) is 0.462. The average Bonchev–Trinajstić information content (AvgIpc) is 2.37. The average molecular weight is 237 g/mol. The molecular weight excluding hydrogens is 218 g/mol. The van der Waals surface area contributed by atoms with Crippen LogP contribution in [0, 0.1) is 0 Å². The number of nitrogens with one attached hydrogen (secondary N) is 1. The number of hydrogen-bond donors (Lipinski definition) is 1. The van der Waals surface area contributed by atoms with Crippen LogP contribution >= 0.6 is 0 Å². The summed E-state index contributed by atoms with van der Waals surface area (Å²) in [5.41, 5.74) is 1.25. The summed E-state index contributed by atoms with van der Waals surface area (Å²) in [4.78, 5) is 11.3. The second kappa shape index (κ2) is 7.68. The van der Waals surface area contributed by atoms with Gasteiger partial charge in [0.05, 0.1) is 6.61 Å². The van der Waals surface area contributed by atoms with E-state index in [1.54, 1.807) is 7.11 Å². The zero-order chi connectivity index (χ0) is 12.5. The predicted molar refractivity (Wildman–Crippen MR) is 66.2 cm³/mol. The summed E-state index contributed by atoms with van der Waals surface area (Å²) in [7, 11) is 1.60. The third-order valence-electron chi connectivity index (χ3n) is 2.33. The van der Waals surface area contributed by atoms with Gasteiger partial charge in [0.1, 0.15) is 5.75 Å². The number of ether oxygens (including phenoxy) is 2. The first-order valence-electron chi connectivity index (χ1n) is 5.73. The molecule has 0 aromatic heterocycles. The topological polar surface area (TPSA) is 47.6 Å². The summed E-state index contributed by atoms with van der Waals surface area (Å²) in [5.74, 6) is 0.575. The van der Waals surface area contributed by atoms with Gasteiger partial charge < -0.3 is 14.8 Å². The van der Waals surface area contributed by atoms with E-state index >= 15 is 0 Å². The van der Waals surface area contributed by atoms with Crippen LogP contribution in [0.5, 0.6) is 5.75 Å². The van der Waals surface area contributed by atoms with Gasteiger partial charge in [0, 0.05) is 13.7 Å². The van der Waals surface area contributed by atoms with E-state index in [9.17, 15) is 4.79 Å². The van der Waals surface area contributed by atoms with Crippen molar-refractivity contribution in [2.24, 2.45) is 0 Å². The fourth-order valence-corrected chi connectivity index (χ4v) is 1.31. The monoisotopic (exact) mass is 237 g/mol. The molecule has 0 heterocycles. The first-order valence-corrected chi connectivity index (χ1v) is 5.73. The van der Waals surface area contributed by atoms with E-state index in [4.69, 9.17) is 9.47 Å². The predicted octanol–water partition coefficient (Wildman–Crippen LogP) is 1.39. The van der Waals surface area contributed by atoms with Crippen LogP contribution in [0.1, 0.15) is 12.5 Å². The Morgan fingerprint density at radius 1 is 1.29 bits per heavy atom. The molecule has 4 heteroatoms. The molecule has 17 heavy (non-hydrogen) atoms. The maximum Gasteiger partial charge on any atom is 0.258 e. The molecule has 4 nitrogen and oxygen atoms in total. The number of methoxy groups -OCH3 is 1. The third kappa shape index (κ3) is 5.36. The van der Waals surface area contributed by atoms with E-state index in [1.165, 1.54) is 5.56 Å². The van der Waals surface area contributed by atoms with Crippen molar-refractivity contribution in [2.45, 2.75) is 13.3 Å². The minimum Gasteiger partial charge on any atom is -0.484 e. The van der Waals surface area contributed by atoms with Crippen molar-refractivity contribution in [3.05, 3.63) is 29.8 Å². The molecule has 1 N–H and O–H groups in total. The number of carbonyl (C=O) groups excluding carboxylic acids is 1. The van der Waals surface area contributed by atoms with Crippen LogP contribution in [0.4, 0.5) is 0 Å². The summed E-state index contributed by atoms with van der Waals surface area (Å²) in [6.45, 7) is 3.15. The van der Waals surface area contributed by atoms with Crippen molar-refractivity contribution in [3.63, 3.8) is 0 Å². The SMILES string of the molecule is CCc1ccc(OCC(=O)NCCOC)cc1. The molecule has 0 atom stereocenters. The van der Waals surface area contributed by atoms with Gasteiger partial charge in [-0.15, -0.1) is 0 Å². The lowest BCUT2D eigenvalue weighted by atomic mass is 10.2. The summed E-state index contributed by atoms with van der Waals surface area (Å²) >= 11 is 0. The molecule has 1 amide bonds. The molecule has 0 aliphatic rings. The van der Waals surface area contributed by atoms with Gasteiger partial charge in [0.2, 0.25) is 0 Å². The van der Waals surface area contributed by atoms with Gasteiger partial charge in [-0.05, 0) is 24.1 Å². The minimum absolute atomic E-state index is 0.0369. The highest BCUT2D eigenvalue weighted by Crippen LogP contribution is 2.12. The van der Waals surface area contributed by atoms with Gasteiger partial charge in [0.15, 0.2) is 6.61 Å². The maximum absolute atomic E-state index is 11.3. The number of carbonyl (C=O) groups is 1. The van der Waals surface area contributed by atoms with Crippen molar-refractivity contribution in [3.8, 4) is 5.75 Å². The highest BCUT2D eigenvalue weighted by atomic mass is 16.5. The van der Waals surface area contributed by atoms with E-state index in [0.29, 0.717) is 18.9 Å². The van der Waals surface area contributed by atoms with E-state index < -0.39 is 0 Å². The van der Waals surface area contributed by atoms with Gasteiger partial charge in [-0.25, -0.2) is 0 Å². The Morgan fingerprint density at radius 3 is 2.59 bits per heavy atom. The van der Waals surface area contributed by atoms with E-state index in [2.05, 4.69) is 12.2 Å². The summed E-state index contributed by atoms with van der Waals surface area (Å²) in [6, 6.07) is 7.75. The van der Waals surface area contributed by atoms with Crippen LogP contribution in [0.2, 0.25) is 0 Å². The molecule has 1 aromatic rings. The van der Waals surface area contributed by atoms with Crippen LogP contribution in [0.15, 0.2) is 24.3 Å². The lowest BCUT2D eigenvalue weighted by Crippen LogP contribution is -2.31. The van der Waals surface area contributed by atoms with Crippen molar-refractivity contribution in [1.82, 2.24) is 5.32 Å². The van der Waals surface area contributed by atoms with Crippen LogP contribution < -0.4 is 10.1 Å². The third-order valence-corrected chi connectivity index (χ3v) is 2.33. The Bertz CT molecular complexity index is 335. The number of hydrogen-bond acceptors (Lipinski definition) is 3. The summed E-state index contributed by atoms with van der Waals surface area (Å²) in [5, 5.41) is 2.69. The zero-order valence-electron chi connectivity index (χ0n) is 10.4. The van der Waals surface area contributed by atoms with E-state index in [0.717, 1.165) is 6.42 Å². The lowest BCUT2D eigenvalue weighted by molar-refractivity contribution is -0.123. The summed E-state index contributed by atoms with van der Waals surface area (Å²) in [6.07, 6.45) is 0.998. The molecular formula is C13H19NO3. The molecule has 0 spiro atoms. The molecule has 1 aromatic carbocycles. The molecule has 0 saturated carbocycles. The number of benzene rings is 1. The van der Waals surface area contributed by atoms with Crippen molar-refractivity contribution < 1.29 is 14.3 Å². The second-order valence-electron chi connectivity index (χ2n) is 3.63. The molecule has 0 bridgehead atoms. The van der Waals surface area contributed by atoms with E-state index in [1.807, 2.05) is 24.3 Å². The van der Waals surface area contributed by atoms with Crippen molar-refractivity contribution >= 4 is 5.91 Å². The van der Waals surface area contributed by atoms with Gasteiger partial charge in [-0.3, -0.25) is 4.79 Å². The Kier molecular flexibility index (Phi) is 6.10. The van der Waals surface area contributed by atoms with Gasteiger partial charge in [0.25, 0.3) is 5.91 Å². The van der Waals surface area contributed by atoms with Gasteiger partial charge in [-0.2, -0.15) is 0 Å². The van der Waals surface area contributed by atoms with Crippen LogP contribution in [-0.4, -0.2) is 32.8 Å². The molecule has 0 fully saturated rings. The maximum atomic E-state index is 11.3. The lowest BCUT2D eigenvalue weighted by Gasteiger charge is -2.07. The van der Waals surface area contributed by atoms with Crippen molar-refractivity contribution in [1.29, 1.82) is 0 Å². The Balaban J connectivity index is 2.27. The van der Waals surface area contributed by atoms with Gasteiger partial charge >= 0.3 is 0 Å².